The van der Waals surface area contributed by atoms with Crippen LogP contribution in [0.3, 0.4) is 0 Å². The van der Waals surface area contributed by atoms with Gasteiger partial charge < -0.3 is 20.4 Å². The maximum atomic E-state index is 13.7. The molecule has 1 aliphatic rings. The van der Waals surface area contributed by atoms with Crippen LogP contribution in [0.1, 0.15) is 38.8 Å². The van der Waals surface area contributed by atoms with Gasteiger partial charge in [-0.15, -0.1) is 0 Å². The Labute approximate surface area is 138 Å². The topological polar surface area (TPSA) is 56.5 Å². The molecule has 0 unspecified atom stereocenters. The average molecular weight is 320 g/mol. The van der Waals surface area contributed by atoms with Gasteiger partial charge in [0, 0.05) is 12.2 Å². The third-order valence-electron chi connectivity index (χ3n) is 4.66. The fourth-order valence-corrected chi connectivity index (χ4v) is 2.50. The number of rotatable bonds is 4. The SMILES string of the molecule is CNCC(=Cc1cc(F)cc(C)c1N)B1OC(C)(C)C(C)(C)O1. The van der Waals surface area contributed by atoms with E-state index in [9.17, 15) is 4.39 Å². The van der Waals surface area contributed by atoms with Crippen LogP contribution in [0.25, 0.3) is 6.08 Å². The van der Waals surface area contributed by atoms with Crippen molar-refractivity contribution in [1.29, 1.82) is 0 Å². The van der Waals surface area contributed by atoms with Crippen molar-refractivity contribution in [3.63, 3.8) is 0 Å². The molecule has 0 aromatic heterocycles. The summed E-state index contributed by atoms with van der Waals surface area (Å²) in [6.07, 6.45) is 1.85. The molecule has 0 radical (unpaired) electrons. The van der Waals surface area contributed by atoms with Crippen molar-refractivity contribution in [3.8, 4) is 0 Å². The molecule has 3 N–H and O–H groups in total. The molecule has 1 saturated heterocycles. The van der Waals surface area contributed by atoms with Crippen LogP contribution in [-0.2, 0) is 9.31 Å². The number of anilines is 1. The van der Waals surface area contributed by atoms with Gasteiger partial charge in [0.2, 0.25) is 0 Å². The van der Waals surface area contributed by atoms with Gasteiger partial charge in [-0.1, -0.05) is 6.08 Å². The highest BCUT2D eigenvalue weighted by atomic mass is 19.1. The Hall–Kier alpha value is -1.37. The van der Waals surface area contributed by atoms with Crippen LogP contribution in [0.2, 0.25) is 0 Å². The van der Waals surface area contributed by atoms with Crippen LogP contribution in [0.5, 0.6) is 0 Å². The van der Waals surface area contributed by atoms with E-state index in [2.05, 4.69) is 5.32 Å². The number of hydrogen-bond acceptors (Lipinski definition) is 4. The summed E-state index contributed by atoms with van der Waals surface area (Å²) in [5, 5.41) is 3.11. The zero-order valence-electron chi connectivity index (χ0n) is 14.8. The second-order valence-electron chi connectivity index (χ2n) is 7.06. The van der Waals surface area contributed by atoms with Crippen LogP contribution in [0.4, 0.5) is 10.1 Å². The molecule has 1 aromatic carbocycles. The van der Waals surface area contributed by atoms with Gasteiger partial charge in [-0.2, -0.15) is 0 Å². The highest BCUT2D eigenvalue weighted by Gasteiger charge is 2.52. The fraction of sp³-hybridized carbons (Fsp3) is 0.529. The molecule has 0 aliphatic carbocycles. The minimum atomic E-state index is -0.490. The first kappa shape index (κ1) is 18.0. The predicted octanol–water partition coefficient (Wildman–Crippen LogP) is 2.95. The van der Waals surface area contributed by atoms with E-state index in [1.165, 1.54) is 12.1 Å². The van der Waals surface area contributed by atoms with Gasteiger partial charge in [0.05, 0.1) is 11.2 Å². The number of aryl methyl sites for hydroxylation is 1. The molecular formula is C17H26BFN2O2. The lowest BCUT2D eigenvalue weighted by Crippen LogP contribution is -2.41. The Kier molecular flexibility index (Phi) is 4.90. The molecular weight excluding hydrogens is 294 g/mol. The normalized spacial score (nSPS) is 20.1. The van der Waals surface area contributed by atoms with E-state index in [-0.39, 0.29) is 5.82 Å². The molecule has 1 aromatic rings. The van der Waals surface area contributed by atoms with Gasteiger partial charge >= 0.3 is 7.12 Å². The summed E-state index contributed by atoms with van der Waals surface area (Å²) in [4.78, 5) is 0. The van der Waals surface area contributed by atoms with Gasteiger partial charge in [0.15, 0.2) is 0 Å². The van der Waals surface area contributed by atoms with E-state index < -0.39 is 18.3 Å². The smallest absolute Gasteiger partial charge is 0.400 e. The van der Waals surface area contributed by atoms with Crippen molar-refractivity contribution in [2.24, 2.45) is 0 Å². The summed E-state index contributed by atoms with van der Waals surface area (Å²) in [6, 6.07) is 2.86. The van der Waals surface area contributed by atoms with Gasteiger partial charge in [-0.05, 0) is 70.4 Å². The summed E-state index contributed by atoms with van der Waals surface area (Å²) in [5.41, 5.74) is 8.04. The van der Waals surface area contributed by atoms with E-state index in [1.807, 2.05) is 40.8 Å². The standard InChI is InChI=1S/C17H26BFN2O2/c1-11-7-14(19)9-12(15(11)20)8-13(10-21-6)18-22-16(2,3)17(4,5)23-18/h7-9,21H,10,20H2,1-6H3. The lowest BCUT2D eigenvalue weighted by Gasteiger charge is -2.32. The molecule has 6 heteroatoms. The number of nitrogens with two attached hydrogens (primary N) is 1. The number of halogens is 1. The first-order valence-electron chi connectivity index (χ1n) is 7.84. The van der Waals surface area contributed by atoms with Crippen LogP contribution in [0.15, 0.2) is 17.6 Å². The molecule has 1 aliphatic heterocycles. The number of nitrogen functional groups attached to an aromatic ring is 1. The van der Waals surface area contributed by atoms with E-state index in [0.717, 1.165) is 5.47 Å². The summed E-state index contributed by atoms with van der Waals surface area (Å²) >= 11 is 0. The number of nitrogens with one attached hydrogen (secondary N) is 1. The Balaban J connectivity index is 2.40. The number of benzene rings is 1. The third-order valence-corrected chi connectivity index (χ3v) is 4.66. The van der Waals surface area contributed by atoms with E-state index in [0.29, 0.717) is 23.4 Å². The van der Waals surface area contributed by atoms with Gasteiger partial charge in [-0.3, -0.25) is 0 Å². The van der Waals surface area contributed by atoms with Crippen LogP contribution in [0, 0.1) is 12.7 Å². The first-order chi connectivity index (χ1) is 10.6. The first-order valence-corrected chi connectivity index (χ1v) is 7.84. The van der Waals surface area contributed by atoms with Crippen molar-refractivity contribution < 1.29 is 13.7 Å². The Morgan fingerprint density at radius 2 is 1.83 bits per heavy atom. The fourth-order valence-electron chi connectivity index (χ4n) is 2.50. The highest BCUT2D eigenvalue weighted by Crippen LogP contribution is 2.39. The minimum absolute atomic E-state index is 0.305. The largest absolute Gasteiger partial charge is 0.491 e. The van der Waals surface area contributed by atoms with Crippen molar-refractivity contribution in [2.75, 3.05) is 19.3 Å². The Morgan fingerprint density at radius 1 is 1.26 bits per heavy atom. The molecule has 23 heavy (non-hydrogen) atoms. The van der Waals surface area contributed by atoms with E-state index in [1.54, 1.807) is 6.92 Å². The quantitative estimate of drug-likeness (QED) is 0.661. The Bertz CT molecular complexity index is 613. The monoisotopic (exact) mass is 320 g/mol. The number of likely N-dealkylation sites (N-methyl/N-ethyl adjacent to an activating group) is 1. The minimum Gasteiger partial charge on any atom is -0.400 e. The molecule has 4 nitrogen and oxygen atoms in total. The maximum Gasteiger partial charge on any atom is 0.491 e. The predicted molar refractivity (Wildman–Crippen MR) is 93.5 cm³/mol. The third kappa shape index (κ3) is 3.60. The molecule has 1 fully saturated rings. The summed E-state index contributed by atoms with van der Waals surface area (Å²) in [5.74, 6) is -0.305. The molecule has 0 spiro atoms. The lowest BCUT2D eigenvalue weighted by atomic mass is 9.76. The Morgan fingerprint density at radius 3 is 2.35 bits per heavy atom. The summed E-state index contributed by atoms with van der Waals surface area (Å²) in [6.45, 7) is 10.4. The van der Waals surface area contributed by atoms with Gasteiger partial charge in [0.25, 0.3) is 0 Å². The summed E-state index contributed by atoms with van der Waals surface area (Å²) < 4.78 is 25.9. The van der Waals surface area contributed by atoms with Crippen LogP contribution in [-0.4, -0.2) is 31.9 Å². The number of hydrogen-bond donors (Lipinski definition) is 2. The van der Waals surface area contributed by atoms with Gasteiger partial charge in [-0.25, -0.2) is 4.39 Å². The molecule has 0 atom stereocenters. The second kappa shape index (κ2) is 6.26. The van der Waals surface area contributed by atoms with Crippen molar-refractivity contribution in [1.82, 2.24) is 5.32 Å². The zero-order valence-corrected chi connectivity index (χ0v) is 14.8. The molecule has 0 bridgehead atoms. The van der Waals surface area contributed by atoms with Crippen LogP contribution >= 0.6 is 0 Å². The van der Waals surface area contributed by atoms with Crippen molar-refractivity contribution in [2.45, 2.75) is 45.8 Å². The van der Waals surface area contributed by atoms with Crippen molar-refractivity contribution >= 4 is 18.9 Å². The maximum absolute atomic E-state index is 13.7. The molecule has 126 valence electrons. The van der Waals surface area contributed by atoms with E-state index in [4.69, 9.17) is 15.0 Å². The molecule has 0 amide bonds. The molecule has 2 rings (SSSR count). The van der Waals surface area contributed by atoms with Crippen LogP contribution < -0.4 is 11.1 Å². The second-order valence-corrected chi connectivity index (χ2v) is 7.06. The molecule has 0 saturated carbocycles. The van der Waals surface area contributed by atoms with Gasteiger partial charge in [0.1, 0.15) is 5.82 Å². The summed E-state index contributed by atoms with van der Waals surface area (Å²) in [7, 11) is 1.36. The molecule has 1 heterocycles. The zero-order chi connectivity index (χ0) is 17.4. The van der Waals surface area contributed by atoms with E-state index >= 15 is 0 Å². The highest BCUT2D eigenvalue weighted by molar-refractivity contribution is 6.56. The lowest BCUT2D eigenvalue weighted by molar-refractivity contribution is 0.00578. The van der Waals surface area contributed by atoms with Crippen molar-refractivity contribution in [3.05, 3.63) is 34.5 Å². The average Bonchev–Trinajstić information content (AvgIpc) is 2.63.